The van der Waals surface area contributed by atoms with Crippen LogP contribution >= 0.6 is 0 Å². The summed E-state index contributed by atoms with van der Waals surface area (Å²) in [6.07, 6.45) is 0. The van der Waals surface area contributed by atoms with Crippen molar-refractivity contribution in [3.8, 4) is 5.75 Å². The van der Waals surface area contributed by atoms with Crippen LogP contribution in [0.15, 0.2) is 18.2 Å². The van der Waals surface area contributed by atoms with Crippen LogP contribution in [0.2, 0.25) is 0 Å². The number of phenols is 1. The minimum atomic E-state index is -0.843. The summed E-state index contributed by atoms with van der Waals surface area (Å²) in [6.45, 7) is 4.56. The Morgan fingerprint density at radius 3 is 2.20 bits per heavy atom. The first-order valence-corrected chi connectivity index (χ1v) is 4.74. The number of ketones is 2. The van der Waals surface area contributed by atoms with Crippen LogP contribution in [0.4, 0.5) is 0 Å². The van der Waals surface area contributed by atoms with Gasteiger partial charge < -0.3 is 5.11 Å². The zero-order chi connectivity index (χ0) is 11.6. The Labute approximate surface area is 88.7 Å². The van der Waals surface area contributed by atoms with Crippen molar-refractivity contribution in [2.24, 2.45) is 0 Å². The molecule has 80 valence electrons. The lowest BCUT2D eigenvalue weighted by molar-refractivity contribution is -0.126. The summed E-state index contributed by atoms with van der Waals surface area (Å²) < 4.78 is 0. The molecule has 0 heterocycles. The number of Topliss-reactive ketones (excluding diaryl/α,β-unsaturated/α-hetero) is 2. The van der Waals surface area contributed by atoms with Crippen LogP contribution in [0.3, 0.4) is 0 Å². The maximum atomic E-state index is 11.3. The number of hydrogen-bond donors (Lipinski definition) is 1. The molecule has 0 aromatic heterocycles. The fourth-order valence-electron chi connectivity index (χ4n) is 1.63. The molecule has 0 amide bonds. The predicted octanol–water partition coefficient (Wildman–Crippen LogP) is 1.96. The van der Waals surface area contributed by atoms with E-state index in [1.165, 1.54) is 19.9 Å². The molecule has 0 aliphatic heterocycles. The van der Waals surface area contributed by atoms with Crippen molar-refractivity contribution in [3.05, 3.63) is 29.3 Å². The Bertz CT molecular complexity index is 393. The van der Waals surface area contributed by atoms with Crippen molar-refractivity contribution in [2.45, 2.75) is 26.7 Å². The third-order valence-corrected chi connectivity index (χ3v) is 2.31. The Morgan fingerprint density at radius 2 is 1.73 bits per heavy atom. The van der Waals surface area contributed by atoms with Crippen LogP contribution < -0.4 is 0 Å². The van der Waals surface area contributed by atoms with E-state index in [0.717, 1.165) is 5.56 Å². The number of benzene rings is 1. The topological polar surface area (TPSA) is 54.4 Å². The standard InChI is InChI=1S/C12H14O3/c1-7-4-5-11(15)10(6-7)12(8(2)13)9(3)14/h4-6,12,15H,1-3H3. The minimum absolute atomic E-state index is 0.00370. The molecule has 3 heteroatoms. The maximum Gasteiger partial charge on any atom is 0.144 e. The first kappa shape index (κ1) is 11.4. The molecular formula is C12H14O3. The van der Waals surface area contributed by atoms with E-state index in [2.05, 4.69) is 0 Å². The molecule has 0 aliphatic rings. The smallest absolute Gasteiger partial charge is 0.144 e. The second-order valence-electron chi connectivity index (χ2n) is 3.72. The molecule has 0 radical (unpaired) electrons. The maximum absolute atomic E-state index is 11.3. The first-order valence-electron chi connectivity index (χ1n) is 4.74. The summed E-state index contributed by atoms with van der Waals surface area (Å²) in [6, 6.07) is 4.91. The van der Waals surface area contributed by atoms with Gasteiger partial charge >= 0.3 is 0 Å². The molecule has 15 heavy (non-hydrogen) atoms. The van der Waals surface area contributed by atoms with Crippen LogP contribution in [0.5, 0.6) is 5.75 Å². The lowest BCUT2D eigenvalue weighted by Gasteiger charge is -2.12. The number of carbonyl (C=O) groups is 2. The Balaban J connectivity index is 3.28. The van der Waals surface area contributed by atoms with Gasteiger partial charge in [0.05, 0.1) is 0 Å². The molecule has 1 aromatic rings. The van der Waals surface area contributed by atoms with Gasteiger partial charge in [0.25, 0.3) is 0 Å². The molecule has 0 fully saturated rings. The lowest BCUT2D eigenvalue weighted by atomic mass is 9.90. The fourth-order valence-corrected chi connectivity index (χ4v) is 1.63. The monoisotopic (exact) mass is 206 g/mol. The van der Waals surface area contributed by atoms with Gasteiger partial charge in [-0.25, -0.2) is 0 Å². The highest BCUT2D eigenvalue weighted by Crippen LogP contribution is 2.28. The predicted molar refractivity (Wildman–Crippen MR) is 56.9 cm³/mol. The SMILES string of the molecule is CC(=O)C(C(C)=O)c1cc(C)ccc1O. The summed E-state index contributed by atoms with van der Waals surface area (Å²) in [4.78, 5) is 22.6. The molecule has 0 saturated carbocycles. The number of hydrogen-bond acceptors (Lipinski definition) is 3. The van der Waals surface area contributed by atoms with E-state index in [-0.39, 0.29) is 17.3 Å². The normalized spacial score (nSPS) is 10.4. The van der Waals surface area contributed by atoms with Gasteiger partial charge in [0.2, 0.25) is 0 Å². The molecule has 1 rings (SSSR count). The molecule has 0 spiro atoms. The zero-order valence-electron chi connectivity index (χ0n) is 9.07. The van der Waals surface area contributed by atoms with E-state index in [9.17, 15) is 14.7 Å². The third kappa shape index (κ3) is 2.43. The van der Waals surface area contributed by atoms with Crippen molar-refractivity contribution in [1.29, 1.82) is 0 Å². The Morgan fingerprint density at radius 1 is 1.20 bits per heavy atom. The summed E-state index contributed by atoms with van der Waals surface area (Å²) >= 11 is 0. The van der Waals surface area contributed by atoms with E-state index in [1.54, 1.807) is 12.1 Å². The molecule has 0 atom stereocenters. The minimum Gasteiger partial charge on any atom is -0.508 e. The largest absolute Gasteiger partial charge is 0.508 e. The van der Waals surface area contributed by atoms with E-state index in [0.29, 0.717) is 5.56 Å². The van der Waals surface area contributed by atoms with Crippen LogP contribution in [-0.4, -0.2) is 16.7 Å². The molecule has 0 bridgehead atoms. The van der Waals surface area contributed by atoms with Gasteiger partial charge in [0.15, 0.2) is 0 Å². The second-order valence-corrected chi connectivity index (χ2v) is 3.72. The van der Waals surface area contributed by atoms with Gasteiger partial charge in [-0.2, -0.15) is 0 Å². The molecule has 3 nitrogen and oxygen atoms in total. The Kier molecular flexibility index (Phi) is 3.24. The summed E-state index contributed by atoms with van der Waals surface area (Å²) in [5.74, 6) is -1.34. The highest BCUT2D eigenvalue weighted by molar-refractivity contribution is 6.06. The van der Waals surface area contributed by atoms with Crippen LogP contribution in [0, 0.1) is 6.92 Å². The van der Waals surface area contributed by atoms with Gasteiger partial charge in [0.1, 0.15) is 23.2 Å². The van der Waals surface area contributed by atoms with Gasteiger partial charge in [-0.05, 0) is 26.8 Å². The van der Waals surface area contributed by atoms with E-state index in [4.69, 9.17) is 0 Å². The molecule has 1 N–H and O–H groups in total. The average Bonchev–Trinajstić information content (AvgIpc) is 2.10. The highest BCUT2D eigenvalue weighted by atomic mass is 16.3. The van der Waals surface area contributed by atoms with E-state index >= 15 is 0 Å². The zero-order valence-corrected chi connectivity index (χ0v) is 9.07. The average molecular weight is 206 g/mol. The third-order valence-electron chi connectivity index (χ3n) is 2.31. The van der Waals surface area contributed by atoms with Gasteiger partial charge in [-0.1, -0.05) is 17.7 Å². The van der Waals surface area contributed by atoms with Crippen molar-refractivity contribution in [3.63, 3.8) is 0 Å². The Hall–Kier alpha value is -1.64. The highest BCUT2D eigenvalue weighted by Gasteiger charge is 2.24. The van der Waals surface area contributed by atoms with Crippen molar-refractivity contribution >= 4 is 11.6 Å². The van der Waals surface area contributed by atoms with Crippen LogP contribution in [0.25, 0.3) is 0 Å². The number of phenolic OH excluding ortho intramolecular Hbond substituents is 1. The van der Waals surface area contributed by atoms with E-state index in [1.807, 2.05) is 6.92 Å². The van der Waals surface area contributed by atoms with Gasteiger partial charge in [-0.15, -0.1) is 0 Å². The summed E-state index contributed by atoms with van der Waals surface area (Å²) in [5, 5.41) is 9.60. The number of rotatable bonds is 3. The number of carbonyl (C=O) groups excluding carboxylic acids is 2. The van der Waals surface area contributed by atoms with Gasteiger partial charge in [0, 0.05) is 5.56 Å². The summed E-state index contributed by atoms with van der Waals surface area (Å²) in [5.41, 5.74) is 1.31. The van der Waals surface area contributed by atoms with Crippen LogP contribution in [-0.2, 0) is 9.59 Å². The molecular weight excluding hydrogens is 192 g/mol. The van der Waals surface area contributed by atoms with Gasteiger partial charge in [-0.3, -0.25) is 9.59 Å². The van der Waals surface area contributed by atoms with Crippen molar-refractivity contribution in [1.82, 2.24) is 0 Å². The number of aromatic hydroxyl groups is 1. The molecule has 1 aromatic carbocycles. The van der Waals surface area contributed by atoms with Crippen molar-refractivity contribution in [2.75, 3.05) is 0 Å². The quantitative estimate of drug-likeness (QED) is 0.769. The van der Waals surface area contributed by atoms with Crippen LogP contribution in [0.1, 0.15) is 30.9 Å². The first-order chi connectivity index (χ1) is 6.93. The molecule has 0 aliphatic carbocycles. The number of aryl methyl sites for hydroxylation is 1. The fraction of sp³-hybridized carbons (Fsp3) is 0.333. The van der Waals surface area contributed by atoms with E-state index < -0.39 is 5.92 Å². The lowest BCUT2D eigenvalue weighted by Crippen LogP contribution is -2.17. The molecule has 0 unspecified atom stereocenters. The summed E-state index contributed by atoms with van der Waals surface area (Å²) in [7, 11) is 0. The molecule has 0 saturated heterocycles. The van der Waals surface area contributed by atoms with Crippen molar-refractivity contribution < 1.29 is 14.7 Å². The second kappa shape index (κ2) is 4.26.